The predicted octanol–water partition coefficient (Wildman–Crippen LogP) is 9.83. The minimum atomic E-state index is 0.188. The van der Waals surface area contributed by atoms with Crippen LogP contribution in [0.3, 0.4) is 0 Å². The van der Waals surface area contributed by atoms with Crippen molar-refractivity contribution >= 4 is 17.1 Å². The normalized spacial score (nSPS) is 15.7. The van der Waals surface area contributed by atoms with Crippen molar-refractivity contribution in [3.63, 3.8) is 0 Å². The fourth-order valence-electron chi connectivity index (χ4n) is 6.19. The molecule has 6 aromatic rings. The quantitative estimate of drug-likeness (QED) is 0.228. The lowest BCUT2D eigenvalue weighted by Gasteiger charge is -2.35. The van der Waals surface area contributed by atoms with E-state index in [9.17, 15) is 0 Å². The molecule has 1 nitrogen and oxygen atoms in total. The Hall–Kier alpha value is -4.88. The first-order chi connectivity index (χ1) is 19.4. The van der Waals surface area contributed by atoms with Crippen molar-refractivity contribution in [1.82, 2.24) is 0 Å². The van der Waals surface area contributed by atoms with E-state index in [0.717, 1.165) is 17.1 Å². The summed E-state index contributed by atoms with van der Waals surface area (Å²) in [7, 11) is 0. The van der Waals surface area contributed by atoms with Gasteiger partial charge in [-0.3, -0.25) is 0 Å². The van der Waals surface area contributed by atoms with E-state index in [2.05, 4.69) is 169 Å². The van der Waals surface area contributed by atoms with Crippen LogP contribution in [0.1, 0.15) is 45.2 Å². The van der Waals surface area contributed by atoms with Gasteiger partial charge in [-0.15, -0.1) is 0 Å². The highest BCUT2D eigenvalue weighted by atomic mass is 15.1. The van der Waals surface area contributed by atoms with Gasteiger partial charge in [0.1, 0.15) is 0 Å². The molecule has 0 saturated carbocycles. The third kappa shape index (κ3) is 4.23. The zero-order chi connectivity index (χ0) is 26.0. The zero-order valence-electron chi connectivity index (χ0n) is 21.7. The maximum Gasteiger partial charge on any atom is 0.0461 e. The Bertz CT molecular complexity index is 1600. The molecule has 0 aliphatic heterocycles. The molecule has 7 rings (SSSR count). The van der Waals surface area contributed by atoms with Gasteiger partial charge >= 0.3 is 0 Å². The summed E-state index contributed by atoms with van der Waals surface area (Å²) in [6.45, 7) is 0. The Kier molecular flexibility index (Phi) is 6.03. The average molecular weight is 500 g/mol. The molecule has 0 spiro atoms. The number of fused-ring (bicyclic) bond motifs is 2. The van der Waals surface area contributed by atoms with Gasteiger partial charge in [-0.1, -0.05) is 127 Å². The first-order valence-electron chi connectivity index (χ1n) is 13.6. The number of benzene rings is 6. The molecule has 186 valence electrons. The van der Waals surface area contributed by atoms with E-state index >= 15 is 0 Å². The predicted molar refractivity (Wildman–Crippen MR) is 162 cm³/mol. The summed E-state index contributed by atoms with van der Waals surface area (Å²) < 4.78 is 0. The topological polar surface area (TPSA) is 3.24 Å². The smallest absolute Gasteiger partial charge is 0.0461 e. The molecule has 1 aliphatic rings. The van der Waals surface area contributed by atoms with Crippen LogP contribution in [0, 0.1) is 0 Å². The molecule has 1 aliphatic carbocycles. The van der Waals surface area contributed by atoms with Gasteiger partial charge in [0.15, 0.2) is 0 Å². The summed E-state index contributed by atoms with van der Waals surface area (Å²) in [5, 5.41) is 0. The first-order valence-corrected chi connectivity index (χ1v) is 13.6. The van der Waals surface area contributed by atoms with Gasteiger partial charge in [0.25, 0.3) is 0 Å². The largest absolute Gasteiger partial charge is 0.311 e. The Balaban J connectivity index is 1.34. The second-order valence-corrected chi connectivity index (χ2v) is 10.1. The highest BCUT2D eigenvalue weighted by Gasteiger charge is 2.33. The van der Waals surface area contributed by atoms with Gasteiger partial charge in [0.05, 0.1) is 0 Å². The lowest BCUT2D eigenvalue weighted by atomic mass is 9.68. The summed E-state index contributed by atoms with van der Waals surface area (Å²) in [4.78, 5) is 2.32. The molecule has 0 aromatic heterocycles. The van der Waals surface area contributed by atoms with Crippen molar-refractivity contribution in [2.45, 2.75) is 11.8 Å². The third-order valence-corrected chi connectivity index (χ3v) is 7.88. The van der Waals surface area contributed by atoms with Crippen LogP contribution in [0.4, 0.5) is 17.1 Å². The molecule has 0 radical (unpaired) electrons. The number of hydrogen-bond acceptors (Lipinski definition) is 1. The van der Waals surface area contributed by atoms with E-state index < -0.39 is 0 Å². The van der Waals surface area contributed by atoms with Crippen LogP contribution in [-0.4, -0.2) is 0 Å². The van der Waals surface area contributed by atoms with E-state index in [-0.39, 0.29) is 11.8 Å². The summed E-state index contributed by atoms with van der Waals surface area (Å²) in [5.41, 5.74) is 11.7. The standard InChI is InChI=1S/C38H29N/c1-4-14-28(15-5-1)37-33-20-10-12-22-35(33)38(36-23-13-11-21-34(36)37)29-24-26-32(27-25-29)39(30-16-6-2-7-17-30)31-18-8-3-9-19-31/h1-27,37-38H. The molecule has 0 heterocycles. The van der Waals surface area contributed by atoms with Gasteiger partial charge in [-0.05, 0) is 69.8 Å². The third-order valence-electron chi connectivity index (χ3n) is 7.88. The van der Waals surface area contributed by atoms with Gasteiger partial charge in [0, 0.05) is 28.9 Å². The molecule has 39 heavy (non-hydrogen) atoms. The maximum absolute atomic E-state index is 2.32. The summed E-state index contributed by atoms with van der Waals surface area (Å²) in [6, 6.07) is 59.3. The lowest BCUT2D eigenvalue weighted by Crippen LogP contribution is -2.20. The molecule has 0 unspecified atom stereocenters. The number of para-hydroxylation sites is 2. The van der Waals surface area contributed by atoms with Crippen LogP contribution >= 0.6 is 0 Å². The molecule has 0 amide bonds. The monoisotopic (exact) mass is 499 g/mol. The number of anilines is 3. The molecular formula is C38H29N. The van der Waals surface area contributed by atoms with Gasteiger partial charge in [-0.25, -0.2) is 0 Å². The zero-order valence-corrected chi connectivity index (χ0v) is 21.7. The van der Waals surface area contributed by atoms with E-state index in [1.165, 1.54) is 33.4 Å². The molecule has 0 atom stereocenters. The second-order valence-electron chi connectivity index (χ2n) is 10.1. The first kappa shape index (κ1) is 23.3. The highest BCUT2D eigenvalue weighted by molar-refractivity contribution is 5.76. The fourth-order valence-corrected chi connectivity index (χ4v) is 6.19. The van der Waals surface area contributed by atoms with Crippen molar-refractivity contribution in [3.05, 3.63) is 197 Å². The average Bonchev–Trinajstić information content (AvgIpc) is 3.02. The fraction of sp³-hybridized carbons (Fsp3) is 0.0526. The molecule has 0 saturated heterocycles. The van der Waals surface area contributed by atoms with Crippen molar-refractivity contribution in [2.24, 2.45) is 0 Å². The second kappa shape index (κ2) is 10.1. The number of hydrogen-bond donors (Lipinski definition) is 0. The van der Waals surface area contributed by atoms with Crippen LogP contribution in [-0.2, 0) is 0 Å². The van der Waals surface area contributed by atoms with E-state index in [4.69, 9.17) is 0 Å². The summed E-state index contributed by atoms with van der Waals surface area (Å²) >= 11 is 0. The summed E-state index contributed by atoms with van der Waals surface area (Å²) in [5.74, 6) is 0.425. The SMILES string of the molecule is c1ccc(C2c3ccccc3C(c3ccc(N(c4ccccc4)c4ccccc4)cc3)c3ccccc32)cc1. The van der Waals surface area contributed by atoms with E-state index in [1.54, 1.807) is 0 Å². The van der Waals surface area contributed by atoms with Gasteiger partial charge in [-0.2, -0.15) is 0 Å². The lowest BCUT2D eigenvalue weighted by molar-refractivity contribution is 0.822. The number of nitrogens with zero attached hydrogens (tertiary/aromatic N) is 1. The van der Waals surface area contributed by atoms with Crippen LogP contribution in [0.2, 0.25) is 0 Å². The Labute approximate surface area is 230 Å². The number of rotatable bonds is 5. The molecule has 0 fully saturated rings. The molecule has 6 aromatic carbocycles. The Morgan fingerprint density at radius 3 is 1.00 bits per heavy atom. The van der Waals surface area contributed by atoms with Crippen LogP contribution in [0.5, 0.6) is 0 Å². The van der Waals surface area contributed by atoms with Crippen LogP contribution < -0.4 is 4.90 Å². The maximum atomic E-state index is 2.32. The van der Waals surface area contributed by atoms with E-state index in [1.807, 2.05) is 0 Å². The van der Waals surface area contributed by atoms with Crippen molar-refractivity contribution < 1.29 is 0 Å². The van der Waals surface area contributed by atoms with Crippen LogP contribution in [0.15, 0.2) is 164 Å². The van der Waals surface area contributed by atoms with Crippen molar-refractivity contribution in [2.75, 3.05) is 4.90 Å². The van der Waals surface area contributed by atoms with Crippen molar-refractivity contribution in [1.29, 1.82) is 0 Å². The highest BCUT2D eigenvalue weighted by Crippen LogP contribution is 2.49. The molecular weight excluding hydrogens is 470 g/mol. The molecule has 0 bridgehead atoms. The Morgan fingerprint density at radius 2 is 0.590 bits per heavy atom. The van der Waals surface area contributed by atoms with Gasteiger partial charge < -0.3 is 4.90 Å². The van der Waals surface area contributed by atoms with Gasteiger partial charge in [0.2, 0.25) is 0 Å². The molecule has 1 heteroatoms. The van der Waals surface area contributed by atoms with Crippen molar-refractivity contribution in [3.8, 4) is 0 Å². The van der Waals surface area contributed by atoms with E-state index in [0.29, 0.717) is 0 Å². The summed E-state index contributed by atoms with van der Waals surface area (Å²) in [6.07, 6.45) is 0. The minimum Gasteiger partial charge on any atom is -0.311 e. The molecule has 0 N–H and O–H groups in total. The van der Waals surface area contributed by atoms with Crippen LogP contribution in [0.25, 0.3) is 0 Å². The Morgan fingerprint density at radius 1 is 0.282 bits per heavy atom. The minimum absolute atomic E-state index is 0.188.